The maximum absolute atomic E-state index is 9.26. The van der Waals surface area contributed by atoms with Crippen LogP contribution in [0.2, 0.25) is 0 Å². The molecule has 0 N–H and O–H groups in total. The molecular formula is C29H38N4. The molecule has 0 atom stereocenters. The molecule has 1 fully saturated rings. The van der Waals surface area contributed by atoms with Crippen molar-refractivity contribution in [3.8, 4) is 12.1 Å². The zero-order valence-electron chi connectivity index (χ0n) is 20.6. The Morgan fingerprint density at radius 1 is 1.00 bits per heavy atom. The van der Waals surface area contributed by atoms with Crippen molar-refractivity contribution in [1.29, 1.82) is 10.5 Å². The molecule has 33 heavy (non-hydrogen) atoms. The largest absolute Gasteiger partial charge is 0.375 e. The summed E-state index contributed by atoms with van der Waals surface area (Å²) in [6, 6.07) is 12.8. The third kappa shape index (κ3) is 7.62. The van der Waals surface area contributed by atoms with E-state index in [0.29, 0.717) is 0 Å². The van der Waals surface area contributed by atoms with E-state index >= 15 is 0 Å². The van der Waals surface area contributed by atoms with Crippen molar-refractivity contribution in [1.82, 2.24) is 4.90 Å². The smallest absolute Gasteiger partial charge is 0.132 e. The average molecular weight is 443 g/mol. The highest BCUT2D eigenvalue weighted by atomic mass is 15.1. The topological polar surface area (TPSA) is 54.1 Å². The van der Waals surface area contributed by atoms with Gasteiger partial charge in [-0.2, -0.15) is 10.5 Å². The van der Waals surface area contributed by atoms with Crippen LogP contribution in [0, 0.1) is 28.1 Å². The van der Waals surface area contributed by atoms with Crippen molar-refractivity contribution in [2.45, 2.75) is 58.8 Å². The normalized spacial score (nSPS) is 18.5. The molecule has 2 aliphatic rings. The maximum atomic E-state index is 9.26. The van der Waals surface area contributed by atoms with Gasteiger partial charge in [0.25, 0.3) is 0 Å². The number of hydrogen-bond donors (Lipinski definition) is 0. The Morgan fingerprint density at radius 2 is 1.70 bits per heavy atom. The van der Waals surface area contributed by atoms with Gasteiger partial charge in [0.1, 0.15) is 17.7 Å². The van der Waals surface area contributed by atoms with Gasteiger partial charge >= 0.3 is 0 Å². The quantitative estimate of drug-likeness (QED) is 0.341. The highest BCUT2D eigenvalue weighted by Crippen LogP contribution is 2.39. The van der Waals surface area contributed by atoms with Crippen molar-refractivity contribution < 1.29 is 0 Å². The third-order valence-corrected chi connectivity index (χ3v) is 6.75. The highest BCUT2D eigenvalue weighted by molar-refractivity contribution is 5.59. The Kier molecular flexibility index (Phi) is 8.93. The summed E-state index contributed by atoms with van der Waals surface area (Å²) in [6.45, 7) is 9.28. The molecule has 0 saturated carbocycles. The van der Waals surface area contributed by atoms with Gasteiger partial charge < -0.3 is 9.80 Å². The van der Waals surface area contributed by atoms with E-state index in [2.05, 4.69) is 67.1 Å². The number of hydrogen-bond acceptors (Lipinski definition) is 4. The first-order valence-corrected chi connectivity index (χ1v) is 12.4. The first-order chi connectivity index (χ1) is 15.9. The summed E-state index contributed by atoms with van der Waals surface area (Å²) in [5.74, 6) is 0. The number of benzene rings is 1. The minimum Gasteiger partial charge on any atom is -0.375 e. The number of nitrogens with zero attached hydrogens (tertiary/aromatic N) is 4. The fourth-order valence-corrected chi connectivity index (χ4v) is 4.93. The highest BCUT2D eigenvalue weighted by Gasteiger charge is 2.26. The molecule has 1 heterocycles. The van der Waals surface area contributed by atoms with Gasteiger partial charge in [-0.1, -0.05) is 50.6 Å². The first-order valence-electron chi connectivity index (χ1n) is 12.4. The molecule has 1 aliphatic heterocycles. The molecule has 0 bridgehead atoms. The number of piperidine rings is 1. The van der Waals surface area contributed by atoms with Gasteiger partial charge in [0, 0.05) is 19.3 Å². The van der Waals surface area contributed by atoms with Gasteiger partial charge in [0.2, 0.25) is 0 Å². The minimum absolute atomic E-state index is 0.0449. The third-order valence-electron chi connectivity index (χ3n) is 6.75. The predicted octanol–water partition coefficient (Wildman–Crippen LogP) is 6.49. The van der Waals surface area contributed by atoms with Crippen molar-refractivity contribution in [3.63, 3.8) is 0 Å². The van der Waals surface area contributed by atoms with E-state index in [-0.39, 0.29) is 11.0 Å². The summed E-state index contributed by atoms with van der Waals surface area (Å²) in [7, 11) is 2.18. The molecule has 174 valence electrons. The van der Waals surface area contributed by atoms with E-state index in [1.165, 1.54) is 63.0 Å². The molecule has 1 aromatic rings. The summed E-state index contributed by atoms with van der Waals surface area (Å²) in [6.07, 6.45) is 14.6. The van der Waals surface area contributed by atoms with Crippen LogP contribution in [0.1, 0.15) is 64.4 Å². The van der Waals surface area contributed by atoms with E-state index in [4.69, 9.17) is 0 Å². The fraction of sp³-hybridized carbons (Fsp3) is 0.517. The van der Waals surface area contributed by atoms with E-state index in [1.807, 2.05) is 18.2 Å². The second-order valence-corrected chi connectivity index (χ2v) is 10.3. The number of unbranched alkanes of at least 4 members (excludes halogenated alkanes) is 1. The zero-order valence-corrected chi connectivity index (χ0v) is 20.6. The summed E-state index contributed by atoms with van der Waals surface area (Å²) in [5.41, 5.74) is 4.71. The Balaban J connectivity index is 1.54. The molecule has 0 aromatic heterocycles. The Morgan fingerprint density at radius 3 is 2.36 bits per heavy atom. The van der Waals surface area contributed by atoms with Crippen LogP contribution in [0.4, 0.5) is 5.69 Å². The maximum Gasteiger partial charge on any atom is 0.132 e. The van der Waals surface area contributed by atoms with Crippen LogP contribution in [-0.2, 0) is 0 Å². The molecule has 4 nitrogen and oxygen atoms in total. The van der Waals surface area contributed by atoms with Crippen LogP contribution >= 0.6 is 0 Å². The molecule has 0 spiro atoms. The molecule has 3 rings (SSSR count). The molecule has 0 radical (unpaired) electrons. The molecular weight excluding hydrogens is 404 g/mol. The van der Waals surface area contributed by atoms with Gasteiger partial charge in [0.15, 0.2) is 0 Å². The first kappa shape index (κ1) is 24.8. The summed E-state index contributed by atoms with van der Waals surface area (Å²) >= 11 is 0. The molecule has 1 saturated heterocycles. The second-order valence-electron chi connectivity index (χ2n) is 10.3. The van der Waals surface area contributed by atoms with E-state index < -0.39 is 0 Å². The molecule has 0 unspecified atom stereocenters. The van der Waals surface area contributed by atoms with Crippen LogP contribution in [0.3, 0.4) is 0 Å². The van der Waals surface area contributed by atoms with Gasteiger partial charge in [-0.3, -0.25) is 0 Å². The standard InChI is InChI=1S/C29H38N4/c1-29(2)20-25(19-26(21-29)27(22-30)23-31)10-9-24-11-13-28(14-12-24)32(3)15-7-8-18-33-16-5-4-6-17-33/h9-14,19H,4-8,15-18,20-21H2,1-3H3. The van der Waals surface area contributed by atoms with Crippen molar-refractivity contribution in [2.24, 2.45) is 5.41 Å². The van der Waals surface area contributed by atoms with E-state index in [0.717, 1.165) is 30.5 Å². The van der Waals surface area contributed by atoms with E-state index in [9.17, 15) is 10.5 Å². The van der Waals surface area contributed by atoms with Crippen molar-refractivity contribution in [2.75, 3.05) is 38.1 Å². The van der Waals surface area contributed by atoms with Crippen LogP contribution in [0.15, 0.2) is 53.1 Å². The van der Waals surface area contributed by atoms with Gasteiger partial charge in [-0.25, -0.2) is 0 Å². The Labute approximate surface area is 200 Å². The molecule has 0 amide bonds. The summed E-state index contributed by atoms with van der Waals surface area (Å²) in [4.78, 5) is 4.96. The number of nitriles is 2. The predicted molar refractivity (Wildman–Crippen MR) is 138 cm³/mol. The second kappa shape index (κ2) is 11.9. The molecule has 1 aliphatic carbocycles. The van der Waals surface area contributed by atoms with Crippen molar-refractivity contribution in [3.05, 3.63) is 58.7 Å². The van der Waals surface area contributed by atoms with Crippen molar-refractivity contribution >= 4 is 11.8 Å². The monoisotopic (exact) mass is 442 g/mol. The Hall–Kier alpha value is -2.82. The van der Waals surface area contributed by atoms with Gasteiger partial charge in [-0.05, 0) is 92.4 Å². The summed E-state index contributed by atoms with van der Waals surface area (Å²) in [5, 5.41) is 18.5. The lowest BCUT2D eigenvalue weighted by Gasteiger charge is -2.30. The lowest BCUT2D eigenvalue weighted by molar-refractivity contribution is 0.225. The van der Waals surface area contributed by atoms with Gasteiger partial charge in [-0.15, -0.1) is 0 Å². The number of allylic oxidation sites excluding steroid dienone is 5. The van der Waals surface area contributed by atoms with Crippen LogP contribution < -0.4 is 4.90 Å². The van der Waals surface area contributed by atoms with E-state index in [1.54, 1.807) is 0 Å². The minimum atomic E-state index is 0.0449. The average Bonchev–Trinajstić information content (AvgIpc) is 2.81. The van der Waals surface area contributed by atoms with Crippen LogP contribution in [0.5, 0.6) is 0 Å². The lowest BCUT2D eigenvalue weighted by atomic mass is 9.74. The molecule has 4 heteroatoms. The SMILES string of the molecule is CN(CCCCN1CCCCC1)c1ccc(C=CC2=CC(=C(C#N)C#N)CC(C)(C)C2)cc1. The van der Waals surface area contributed by atoms with Crippen LogP contribution in [0.25, 0.3) is 6.08 Å². The van der Waals surface area contributed by atoms with Gasteiger partial charge in [0.05, 0.1) is 0 Å². The Bertz CT molecular complexity index is 944. The number of likely N-dealkylation sites (tertiary alicyclic amines) is 1. The number of anilines is 1. The fourth-order valence-electron chi connectivity index (χ4n) is 4.93. The zero-order chi connectivity index (χ0) is 23.7. The lowest BCUT2D eigenvalue weighted by Crippen LogP contribution is -2.31. The molecule has 1 aromatic carbocycles. The number of rotatable bonds is 8. The summed E-state index contributed by atoms with van der Waals surface area (Å²) < 4.78 is 0. The van der Waals surface area contributed by atoms with Crippen LogP contribution in [-0.4, -0.2) is 38.1 Å².